The first-order valence-corrected chi connectivity index (χ1v) is 8.94. The maximum absolute atomic E-state index is 12.6. The third kappa shape index (κ3) is 3.70. The highest BCUT2D eigenvalue weighted by molar-refractivity contribution is 6.32. The smallest absolute Gasteiger partial charge is 0.255 e. The number of hydrogen-bond acceptors (Lipinski definition) is 6. The molecule has 138 valence electrons. The van der Waals surface area contributed by atoms with E-state index in [9.17, 15) is 4.79 Å². The summed E-state index contributed by atoms with van der Waals surface area (Å²) in [4.78, 5) is 30.2. The Morgan fingerprint density at radius 3 is 2.85 bits per heavy atom. The summed E-state index contributed by atoms with van der Waals surface area (Å²) in [5.41, 5.74) is 3.21. The standard InChI is InChI=1S/C19H18ClN5O2/c1-27-17-3-2-12(6-15(17)20)9-25-5-4-16-14(10-25)19(26)24-18(23-16)13-7-21-11-22-8-13/h2-3,6-8,11H,4-5,9-10H2,1H3,(H,23,24,26). The summed E-state index contributed by atoms with van der Waals surface area (Å²) in [5.74, 6) is 1.16. The lowest BCUT2D eigenvalue weighted by Crippen LogP contribution is -2.35. The molecule has 7 nitrogen and oxygen atoms in total. The van der Waals surface area contributed by atoms with Gasteiger partial charge in [-0.15, -0.1) is 0 Å². The molecule has 0 aliphatic carbocycles. The Hall–Kier alpha value is -2.77. The quantitative estimate of drug-likeness (QED) is 0.745. The van der Waals surface area contributed by atoms with Crippen molar-refractivity contribution in [1.29, 1.82) is 0 Å². The zero-order valence-electron chi connectivity index (χ0n) is 14.8. The molecule has 0 fully saturated rings. The van der Waals surface area contributed by atoms with Gasteiger partial charge in [-0.25, -0.2) is 15.0 Å². The lowest BCUT2D eigenvalue weighted by molar-refractivity contribution is 0.242. The van der Waals surface area contributed by atoms with Crippen LogP contribution in [-0.2, 0) is 19.5 Å². The summed E-state index contributed by atoms with van der Waals surface area (Å²) >= 11 is 6.21. The number of halogens is 1. The topological polar surface area (TPSA) is 84.0 Å². The summed E-state index contributed by atoms with van der Waals surface area (Å²) in [5, 5.41) is 0.585. The van der Waals surface area contributed by atoms with E-state index in [1.807, 2.05) is 18.2 Å². The fourth-order valence-electron chi connectivity index (χ4n) is 3.24. The highest BCUT2D eigenvalue weighted by Crippen LogP contribution is 2.26. The molecule has 1 aliphatic heterocycles. The molecule has 8 heteroatoms. The molecular formula is C19H18ClN5O2. The van der Waals surface area contributed by atoms with Crippen LogP contribution in [0.5, 0.6) is 5.75 Å². The first kappa shape index (κ1) is 17.6. The highest BCUT2D eigenvalue weighted by atomic mass is 35.5. The highest BCUT2D eigenvalue weighted by Gasteiger charge is 2.22. The number of aromatic nitrogens is 4. The summed E-state index contributed by atoms with van der Waals surface area (Å²) in [6.07, 6.45) is 5.44. The first-order valence-electron chi connectivity index (χ1n) is 8.56. The van der Waals surface area contributed by atoms with E-state index in [1.54, 1.807) is 19.5 Å². The van der Waals surface area contributed by atoms with E-state index < -0.39 is 0 Å². The van der Waals surface area contributed by atoms with Gasteiger partial charge in [0.05, 0.1) is 29.0 Å². The normalized spacial score (nSPS) is 14.0. The van der Waals surface area contributed by atoms with E-state index in [4.69, 9.17) is 16.3 Å². The SMILES string of the molecule is COc1ccc(CN2CCc3nc(-c4cncnc4)[nH]c(=O)c3C2)cc1Cl. The van der Waals surface area contributed by atoms with E-state index in [0.29, 0.717) is 47.2 Å². The van der Waals surface area contributed by atoms with Crippen molar-refractivity contribution in [1.82, 2.24) is 24.8 Å². The van der Waals surface area contributed by atoms with Gasteiger partial charge in [-0.1, -0.05) is 17.7 Å². The van der Waals surface area contributed by atoms with Crippen molar-refractivity contribution in [2.45, 2.75) is 19.5 Å². The molecule has 0 saturated carbocycles. The fourth-order valence-corrected chi connectivity index (χ4v) is 3.52. The molecule has 2 aromatic heterocycles. The number of methoxy groups -OCH3 is 1. The molecule has 0 unspecified atom stereocenters. The van der Waals surface area contributed by atoms with Crippen molar-refractivity contribution in [2.75, 3.05) is 13.7 Å². The molecule has 27 heavy (non-hydrogen) atoms. The number of nitrogens with one attached hydrogen (secondary N) is 1. The minimum absolute atomic E-state index is 0.115. The molecule has 0 amide bonds. The van der Waals surface area contributed by atoms with Crippen molar-refractivity contribution < 1.29 is 4.74 Å². The van der Waals surface area contributed by atoms with E-state index in [1.165, 1.54) is 6.33 Å². The molecule has 0 radical (unpaired) electrons. The molecule has 0 atom stereocenters. The minimum atomic E-state index is -0.115. The zero-order chi connectivity index (χ0) is 18.8. The van der Waals surface area contributed by atoms with Gasteiger partial charge in [0.25, 0.3) is 5.56 Å². The second kappa shape index (κ2) is 7.46. The van der Waals surface area contributed by atoms with Crippen molar-refractivity contribution in [3.05, 3.63) is 69.1 Å². The van der Waals surface area contributed by atoms with Crippen molar-refractivity contribution >= 4 is 11.6 Å². The van der Waals surface area contributed by atoms with Crippen molar-refractivity contribution in [2.24, 2.45) is 0 Å². The third-order valence-electron chi connectivity index (χ3n) is 4.60. The lowest BCUT2D eigenvalue weighted by Gasteiger charge is -2.27. The average Bonchev–Trinajstić information content (AvgIpc) is 2.69. The molecule has 3 aromatic rings. The van der Waals surface area contributed by atoms with Gasteiger partial charge in [0, 0.05) is 38.4 Å². The molecule has 0 saturated heterocycles. The monoisotopic (exact) mass is 383 g/mol. The minimum Gasteiger partial charge on any atom is -0.495 e. The molecular weight excluding hydrogens is 366 g/mol. The van der Waals surface area contributed by atoms with E-state index in [0.717, 1.165) is 17.8 Å². The van der Waals surface area contributed by atoms with Crippen LogP contribution in [0.4, 0.5) is 0 Å². The van der Waals surface area contributed by atoms with Crippen LogP contribution in [0, 0.1) is 0 Å². The molecule has 0 spiro atoms. The fraction of sp³-hybridized carbons (Fsp3) is 0.263. The number of nitrogens with zero attached hydrogens (tertiary/aromatic N) is 4. The largest absolute Gasteiger partial charge is 0.495 e. The Bertz CT molecular complexity index is 1020. The first-order chi connectivity index (χ1) is 13.1. The summed E-state index contributed by atoms with van der Waals surface area (Å²) < 4.78 is 5.19. The summed E-state index contributed by atoms with van der Waals surface area (Å²) in [7, 11) is 1.59. The van der Waals surface area contributed by atoms with Gasteiger partial charge in [-0.05, 0) is 17.7 Å². The number of rotatable bonds is 4. The Labute approximate surface area is 161 Å². The molecule has 3 heterocycles. The van der Waals surface area contributed by atoms with Gasteiger partial charge < -0.3 is 9.72 Å². The number of ether oxygens (including phenoxy) is 1. The Balaban J connectivity index is 1.55. The Morgan fingerprint density at radius 1 is 1.30 bits per heavy atom. The van der Waals surface area contributed by atoms with E-state index in [-0.39, 0.29) is 5.56 Å². The average molecular weight is 384 g/mol. The molecule has 1 aliphatic rings. The summed E-state index contributed by atoms with van der Waals surface area (Å²) in [6, 6.07) is 5.75. The van der Waals surface area contributed by atoms with Crippen LogP contribution in [0.3, 0.4) is 0 Å². The number of hydrogen-bond donors (Lipinski definition) is 1. The van der Waals surface area contributed by atoms with Gasteiger partial charge in [-0.2, -0.15) is 0 Å². The van der Waals surface area contributed by atoms with Gasteiger partial charge >= 0.3 is 0 Å². The van der Waals surface area contributed by atoms with Crippen LogP contribution in [0.2, 0.25) is 5.02 Å². The van der Waals surface area contributed by atoms with E-state index >= 15 is 0 Å². The van der Waals surface area contributed by atoms with Crippen LogP contribution >= 0.6 is 11.6 Å². The van der Waals surface area contributed by atoms with Gasteiger partial charge in [-0.3, -0.25) is 9.69 Å². The van der Waals surface area contributed by atoms with Crippen LogP contribution in [-0.4, -0.2) is 38.5 Å². The van der Waals surface area contributed by atoms with Crippen molar-refractivity contribution in [3.63, 3.8) is 0 Å². The molecule has 4 rings (SSSR count). The maximum Gasteiger partial charge on any atom is 0.255 e. The second-order valence-corrected chi connectivity index (χ2v) is 6.80. The number of fused-ring (bicyclic) bond motifs is 1. The van der Waals surface area contributed by atoms with Gasteiger partial charge in [0.2, 0.25) is 0 Å². The Kier molecular flexibility index (Phi) is 4.87. The molecule has 1 aromatic carbocycles. The van der Waals surface area contributed by atoms with Gasteiger partial charge in [0.1, 0.15) is 17.9 Å². The predicted octanol–water partition coefficient (Wildman–Crippen LogP) is 2.45. The number of aromatic amines is 1. The van der Waals surface area contributed by atoms with Crippen LogP contribution in [0.1, 0.15) is 16.8 Å². The Morgan fingerprint density at radius 2 is 2.11 bits per heavy atom. The molecule has 0 bridgehead atoms. The van der Waals surface area contributed by atoms with Crippen molar-refractivity contribution in [3.8, 4) is 17.1 Å². The zero-order valence-corrected chi connectivity index (χ0v) is 15.5. The van der Waals surface area contributed by atoms with Gasteiger partial charge in [0.15, 0.2) is 0 Å². The van der Waals surface area contributed by atoms with Crippen LogP contribution < -0.4 is 10.3 Å². The number of H-pyrrole nitrogens is 1. The number of benzene rings is 1. The van der Waals surface area contributed by atoms with Crippen LogP contribution in [0.15, 0.2) is 41.7 Å². The third-order valence-corrected chi connectivity index (χ3v) is 4.90. The van der Waals surface area contributed by atoms with Crippen LogP contribution in [0.25, 0.3) is 11.4 Å². The predicted molar refractivity (Wildman–Crippen MR) is 102 cm³/mol. The second-order valence-electron chi connectivity index (χ2n) is 6.40. The summed E-state index contributed by atoms with van der Waals surface area (Å²) in [6.45, 7) is 2.07. The van der Waals surface area contributed by atoms with E-state index in [2.05, 4.69) is 24.8 Å². The lowest BCUT2D eigenvalue weighted by atomic mass is 10.1. The molecule has 1 N–H and O–H groups in total. The maximum atomic E-state index is 12.6.